The number of hydrogen-bond donors (Lipinski definition) is 1. The van der Waals surface area contributed by atoms with Crippen LogP contribution in [-0.2, 0) is 6.61 Å². The van der Waals surface area contributed by atoms with E-state index in [1.165, 1.54) is 6.07 Å². The fraction of sp³-hybridized carbons (Fsp3) is 0.231. The molecular formula is C13H14FN3O. The SMILES string of the molecule is Cc1nc(N)c(C)c(OCc2ccccc2F)n1. The van der Waals surface area contributed by atoms with Gasteiger partial charge in [-0.2, -0.15) is 4.98 Å². The smallest absolute Gasteiger partial charge is 0.222 e. The molecule has 5 heteroatoms. The summed E-state index contributed by atoms with van der Waals surface area (Å²) in [6, 6.07) is 6.46. The largest absolute Gasteiger partial charge is 0.472 e. The van der Waals surface area contributed by atoms with Crippen LogP contribution in [0.2, 0.25) is 0 Å². The van der Waals surface area contributed by atoms with E-state index in [1.54, 1.807) is 32.0 Å². The van der Waals surface area contributed by atoms with Gasteiger partial charge < -0.3 is 10.5 Å². The fourth-order valence-corrected chi connectivity index (χ4v) is 1.53. The van der Waals surface area contributed by atoms with E-state index >= 15 is 0 Å². The van der Waals surface area contributed by atoms with Crippen molar-refractivity contribution >= 4 is 5.82 Å². The molecule has 0 saturated heterocycles. The first-order chi connectivity index (χ1) is 8.58. The van der Waals surface area contributed by atoms with E-state index in [1.807, 2.05) is 0 Å². The molecule has 1 heterocycles. The van der Waals surface area contributed by atoms with Gasteiger partial charge in [0.1, 0.15) is 24.1 Å². The van der Waals surface area contributed by atoms with Gasteiger partial charge in [0.25, 0.3) is 0 Å². The van der Waals surface area contributed by atoms with Crippen molar-refractivity contribution in [2.45, 2.75) is 20.5 Å². The van der Waals surface area contributed by atoms with Crippen molar-refractivity contribution in [3.63, 3.8) is 0 Å². The maximum absolute atomic E-state index is 13.4. The lowest BCUT2D eigenvalue weighted by Gasteiger charge is -2.10. The number of nitrogen functional groups attached to an aromatic ring is 1. The third kappa shape index (κ3) is 2.56. The van der Waals surface area contributed by atoms with Crippen LogP contribution in [0.4, 0.5) is 10.2 Å². The minimum Gasteiger partial charge on any atom is -0.472 e. The van der Waals surface area contributed by atoms with Crippen molar-refractivity contribution in [3.05, 3.63) is 47.0 Å². The van der Waals surface area contributed by atoms with Crippen LogP contribution < -0.4 is 10.5 Å². The van der Waals surface area contributed by atoms with Gasteiger partial charge in [0, 0.05) is 5.56 Å². The molecule has 1 aromatic heterocycles. The van der Waals surface area contributed by atoms with Crippen molar-refractivity contribution in [2.75, 3.05) is 5.73 Å². The number of rotatable bonds is 3. The Morgan fingerprint density at radius 2 is 1.94 bits per heavy atom. The normalized spacial score (nSPS) is 10.4. The molecule has 0 saturated carbocycles. The van der Waals surface area contributed by atoms with Crippen molar-refractivity contribution in [3.8, 4) is 5.88 Å². The Kier molecular flexibility index (Phi) is 3.41. The predicted molar refractivity (Wildman–Crippen MR) is 66.7 cm³/mol. The lowest BCUT2D eigenvalue weighted by atomic mass is 10.2. The lowest BCUT2D eigenvalue weighted by Crippen LogP contribution is -2.06. The number of hydrogen-bond acceptors (Lipinski definition) is 4. The highest BCUT2D eigenvalue weighted by Gasteiger charge is 2.09. The van der Waals surface area contributed by atoms with Crippen molar-refractivity contribution in [2.24, 2.45) is 0 Å². The second kappa shape index (κ2) is 5.00. The average Bonchev–Trinajstić information content (AvgIpc) is 2.33. The number of benzene rings is 1. The standard InChI is InChI=1S/C13H14FN3O/c1-8-12(15)16-9(2)17-13(8)18-7-10-5-3-4-6-11(10)14/h3-6H,7H2,1-2H3,(H2,15,16,17). The van der Waals surface area contributed by atoms with Gasteiger partial charge in [0.15, 0.2) is 0 Å². The summed E-state index contributed by atoms with van der Waals surface area (Å²) in [5, 5.41) is 0. The number of ether oxygens (including phenoxy) is 1. The molecule has 0 spiro atoms. The third-order valence-electron chi connectivity index (χ3n) is 2.57. The minimum atomic E-state index is -0.297. The highest BCUT2D eigenvalue weighted by atomic mass is 19.1. The van der Waals surface area contributed by atoms with Crippen molar-refractivity contribution in [1.29, 1.82) is 0 Å². The Balaban J connectivity index is 2.18. The first kappa shape index (κ1) is 12.3. The Hall–Kier alpha value is -2.17. The van der Waals surface area contributed by atoms with Gasteiger partial charge in [-0.1, -0.05) is 18.2 Å². The molecule has 2 N–H and O–H groups in total. The first-order valence-electron chi connectivity index (χ1n) is 5.55. The van der Waals surface area contributed by atoms with E-state index in [4.69, 9.17) is 10.5 Å². The highest BCUT2D eigenvalue weighted by Crippen LogP contribution is 2.20. The topological polar surface area (TPSA) is 61.0 Å². The van der Waals surface area contributed by atoms with Crippen LogP contribution in [-0.4, -0.2) is 9.97 Å². The summed E-state index contributed by atoms with van der Waals surface area (Å²) in [5.74, 6) is 1.00. The summed E-state index contributed by atoms with van der Waals surface area (Å²) >= 11 is 0. The molecule has 0 aliphatic carbocycles. The van der Waals surface area contributed by atoms with Crippen molar-refractivity contribution < 1.29 is 9.13 Å². The van der Waals surface area contributed by atoms with Gasteiger partial charge in [-0.25, -0.2) is 9.37 Å². The molecule has 2 aromatic rings. The zero-order valence-corrected chi connectivity index (χ0v) is 10.3. The quantitative estimate of drug-likeness (QED) is 0.904. The summed E-state index contributed by atoms with van der Waals surface area (Å²) in [6.45, 7) is 3.61. The second-order valence-electron chi connectivity index (χ2n) is 3.97. The van der Waals surface area contributed by atoms with E-state index in [0.29, 0.717) is 28.6 Å². The second-order valence-corrected chi connectivity index (χ2v) is 3.97. The molecule has 0 atom stereocenters. The van der Waals surface area contributed by atoms with Gasteiger partial charge in [-0.3, -0.25) is 0 Å². The minimum absolute atomic E-state index is 0.114. The van der Waals surface area contributed by atoms with Crippen LogP contribution in [0.5, 0.6) is 5.88 Å². The maximum Gasteiger partial charge on any atom is 0.222 e. The molecule has 0 unspecified atom stereocenters. The molecule has 0 aliphatic rings. The molecule has 0 bridgehead atoms. The summed E-state index contributed by atoms with van der Waals surface area (Å²) in [5.41, 5.74) is 6.86. The molecule has 0 aliphatic heterocycles. The van der Waals surface area contributed by atoms with Crippen LogP contribution in [0.3, 0.4) is 0 Å². The molecule has 2 rings (SSSR count). The first-order valence-corrected chi connectivity index (χ1v) is 5.55. The average molecular weight is 247 g/mol. The molecule has 94 valence electrons. The maximum atomic E-state index is 13.4. The summed E-state index contributed by atoms with van der Waals surface area (Å²) in [7, 11) is 0. The molecule has 18 heavy (non-hydrogen) atoms. The third-order valence-corrected chi connectivity index (χ3v) is 2.57. The Morgan fingerprint density at radius 3 is 2.67 bits per heavy atom. The highest BCUT2D eigenvalue weighted by molar-refractivity contribution is 5.44. The van der Waals surface area contributed by atoms with E-state index < -0.39 is 0 Å². The molecule has 0 amide bonds. The van der Waals surface area contributed by atoms with Gasteiger partial charge in [0.05, 0.1) is 5.56 Å². The zero-order valence-electron chi connectivity index (χ0n) is 10.3. The zero-order chi connectivity index (χ0) is 13.1. The van der Waals surface area contributed by atoms with Gasteiger partial charge in [0.2, 0.25) is 5.88 Å². The van der Waals surface area contributed by atoms with E-state index in [-0.39, 0.29) is 12.4 Å². The van der Waals surface area contributed by atoms with E-state index in [9.17, 15) is 4.39 Å². The molecule has 0 radical (unpaired) electrons. The van der Waals surface area contributed by atoms with Crippen LogP contribution in [0.1, 0.15) is 17.0 Å². The van der Waals surface area contributed by atoms with Gasteiger partial charge in [-0.15, -0.1) is 0 Å². The van der Waals surface area contributed by atoms with Crippen LogP contribution in [0.25, 0.3) is 0 Å². The Morgan fingerprint density at radius 1 is 1.22 bits per heavy atom. The number of nitrogens with two attached hydrogens (primary N) is 1. The number of aryl methyl sites for hydroxylation is 1. The van der Waals surface area contributed by atoms with Gasteiger partial charge in [-0.05, 0) is 19.9 Å². The number of nitrogens with zero attached hydrogens (tertiary/aromatic N) is 2. The van der Waals surface area contributed by atoms with Crippen LogP contribution >= 0.6 is 0 Å². The summed E-state index contributed by atoms with van der Waals surface area (Å²) in [6.07, 6.45) is 0. The van der Waals surface area contributed by atoms with E-state index in [2.05, 4.69) is 9.97 Å². The molecule has 1 aromatic carbocycles. The number of anilines is 1. The lowest BCUT2D eigenvalue weighted by molar-refractivity contribution is 0.285. The van der Waals surface area contributed by atoms with Crippen molar-refractivity contribution in [1.82, 2.24) is 9.97 Å². The Bertz CT molecular complexity index is 572. The summed E-state index contributed by atoms with van der Waals surface area (Å²) in [4.78, 5) is 8.16. The number of halogens is 1. The molecule has 0 fully saturated rings. The fourth-order valence-electron chi connectivity index (χ4n) is 1.53. The van der Waals surface area contributed by atoms with Crippen LogP contribution in [0, 0.1) is 19.7 Å². The Labute approximate surface area is 105 Å². The van der Waals surface area contributed by atoms with E-state index in [0.717, 1.165) is 0 Å². The molecule has 4 nitrogen and oxygen atoms in total. The predicted octanol–water partition coefficient (Wildman–Crippen LogP) is 2.39. The summed E-state index contributed by atoms with van der Waals surface area (Å²) < 4.78 is 18.9. The number of aromatic nitrogens is 2. The van der Waals surface area contributed by atoms with Crippen LogP contribution in [0.15, 0.2) is 24.3 Å². The molecular weight excluding hydrogens is 233 g/mol. The monoisotopic (exact) mass is 247 g/mol. The van der Waals surface area contributed by atoms with Gasteiger partial charge >= 0.3 is 0 Å².